The Labute approximate surface area is 73.8 Å². The van der Waals surface area contributed by atoms with Crippen LogP contribution in [-0.2, 0) is 0 Å². The summed E-state index contributed by atoms with van der Waals surface area (Å²) in [5, 5.41) is 18.3. The van der Waals surface area contributed by atoms with Crippen molar-refractivity contribution in [2.45, 2.75) is 26.1 Å². The Balaban J connectivity index is 2.79. The zero-order chi connectivity index (χ0) is 9.14. The monoisotopic (exact) mass is 166 g/mol. The van der Waals surface area contributed by atoms with Crippen LogP contribution in [0.1, 0.15) is 20.3 Å². The highest BCUT2D eigenvalue weighted by atomic mass is 16.4. The molecule has 3 heteroatoms. The van der Waals surface area contributed by atoms with Gasteiger partial charge in [0, 0.05) is 5.82 Å². The third-order valence-electron chi connectivity index (χ3n) is 2.50. The van der Waals surface area contributed by atoms with Crippen LogP contribution in [0.4, 0.5) is 0 Å². The van der Waals surface area contributed by atoms with Gasteiger partial charge in [-0.1, -0.05) is 30.7 Å². The van der Waals surface area contributed by atoms with Gasteiger partial charge in [-0.2, -0.15) is 0 Å². The topological polar surface area (TPSA) is 40.5 Å². The SMILES string of the molecule is CCC1C=CC=C(C)C1B(O)O. The molecule has 1 aliphatic carbocycles. The lowest BCUT2D eigenvalue weighted by molar-refractivity contribution is 0.371. The van der Waals surface area contributed by atoms with E-state index in [1.54, 1.807) is 0 Å². The highest BCUT2D eigenvalue weighted by molar-refractivity contribution is 6.44. The normalized spacial score (nSPS) is 28.5. The first-order valence-electron chi connectivity index (χ1n) is 4.38. The van der Waals surface area contributed by atoms with E-state index in [-0.39, 0.29) is 11.7 Å². The summed E-state index contributed by atoms with van der Waals surface area (Å²) >= 11 is 0. The Bertz CT molecular complexity index is 209. The van der Waals surface area contributed by atoms with Gasteiger partial charge < -0.3 is 10.0 Å². The molecule has 1 rings (SSSR count). The quantitative estimate of drug-likeness (QED) is 0.608. The average molecular weight is 166 g/mol. The molecule has 0 bridgehead atoms. The van der Waals surface area contributed by atoms with Crippen LogP contribution in [0.5, 0.6) is 0 Å². The van der Waals surface area contributed by atoms with Gasteiger partial charge in [0.25, 0.3) is 0 Å². The van der Waals surface area contributed by atoms with E-state index in [0.29, 0.717) is 0 Å². The molecule has 0 aliphatic heterocycles. The predicted molar refractivity (Wildman–Crippen MR) is 50.6 cm³/mol. The van der Waals surface area contributed by atoms with Crippen molar-refractivity contribution < 1.29 is 10.0 Å². The number of hydrogen-bond acceptors (Lipinski definition) is 2. The van der Waals surface area contributed by atoms with E-state index in [0.717, 1.165) is 12.0 Å². The third kappa shape index (κ3) is 1.79. The fourth-order valence-corrected chi connectivity index (χ4v) is 1.76. The number of allylic oxidation sites excluding steroid dienone is 4. The molecule has 2 nitrogen and oxygen atoms in total. The smallest absolute Gasteiger partial charge is 0.427 e. The molecule has 0 heterocycles. The summed E-state index contributed by atoms with van der Waals surface area (Å²) in [6.45, 7) is 4.00. The van der Waals surface area contributed by atoms with Gasteiger partial charge in [-0.05, 0) is 19.3 Å². The van der Waals surface area contributed by atoms with Crippen LogP contribution in [0.2, 0.25) is 5.82 Å². The van der Waals surface area contributed by atoms with E-state index in [1.165, 1.54) is 0 Å². The van der Waals surface area contributed by atoms with E-state index in [1.807, 2.05) is 25.2 Å². The zero-order valence-electron chi connectivity index (χ0n) is 7.57. The van der Waals surface area contributed by atoms with Crippen molar-refractivity contribution in [3.63, 3.8) is 0 Å². The maximum Gasteiger partial charge on any atom is 0.459 e. The Morgan fingerprint density at radius 2 is 2.17 bits per heavy atom. The van der Waals surface area contributed by atoms with Gasteiger partial charge in [0.15, 0.2) is 0 Å². The molecular formula is C9H15BO2. The summed E-state index contributed by atoms with van der Waals surface area (Å²) in [5.41, 5.74) is 1.05. The van der Waals surface area contributed by atoms with E-state index in [9.17, 15) is 0 Å². The Kier molecular flexibility index (Phi) is 3.12. The van der Waals surface area contributed by atoms with Crippen molar-refractivity contribution in [2.75, 3.05) is 0 Å². The molecule has 0 amide bonds. The second kappa shape index (κ2) is 3.92. The van der Waals surface area contributed by atoms with Crippen molar-refractivity contribution in [3.05, 3.63) is 23.8 Å². The summed E-state index contributed by atoms with van der Waals surface area (Å²) in [6, 6.07) is 0. The minimum absolute atomic E-state index is 0.111. The number of rotatable bonds is 2. The van der Waals surface area contributed by atoms with Crippen LogP contribution >= 0.6 is 0 Å². The largest absolute Gasteiger partial charge is 0.459 e. The molecule has 0 saturated heterocycles. The second-order valence-corrected chi connectivity index (χ2v) is 3.31. The Morgan fingerprint density at radius 3 is 2.58 bits per heavy atom. The van der Waals surface area contributed by atoms with Crippen molar-refractivity contribution in [3.8, 4) is 0 Å². The number of hydrogen-bond donors (Lipinski definition) is 2. The van der Waals surface area contributed by atoms with Gasteiger partial charge in [0.1, 0.15) is 0 Å². The molecule has 2 N–H and O–H groups in total. The van der Waals surface area contributed by atoms with E-state index < -0.39 is 7.12 Å². The van der Waals surface area contributed by atoms with E-state index >= 15 is 0 Å². The highest BCUT2D eigenvalue weighted by Gasteiger charge is 2.31. The van der Waals surface area contributed by atoms with Gasteiger partial charge in [-0.25, -0.2) is 0 Å². The molecule has 0 aromatic rings. The highest BCUT2D eigenvalue weighted by Crippen LogP contribution is 2.34. The van der Waals surface area contributed by atoms with Crippen LogP contribution in [0.15, 0.2) is 23.8 Å². The Morgan fingerprint density at radius 1 is 1.50 bits per heavy atom. The van der Waals surface area contributed by atoms with Gasteiger partial charge in [-0.3, -0.25) is 0 Å². The van der Waals surface area contributed by atoms with Gasteiger partial charge in [0.05, 0.1) is 0 Å². The molecule has 1 aliphatic rings. The lowest BCUT2D eigenvalue weighted by Crippen LogP contribution is -2.27. The molecule has 0 spiro atoms. The third-order valence-corrected chi connectivity index (χ3v) is 2.50. The Hall–Kier alpha value is -0.535. The minimum atomic E-state index is -1.23. The molecule has 66 valence electrons. The minimum Gasteiger partial charge on any atom is -0.427 e. The van der Waals surface area contributed by atoms with Gasteiger partial charge in [0.2, 0.25) is 0 Å². The lowest BCUT2D eigenvalue weighted by atomic mass is 9.60. The summed E-state index contributed by atoms with van der Waals surface area (Å²) in [4.78, 5) is 0. The van der Waals surface area contributed by atoms with E-state index in [2.05, 4.69) is 6.92 Å². The van der Waals surface area contributed by atoms with Crippen molar-refractivity contribution in [1.82, 2.24) is 0 Å². The molecule has 2 atom stereocenters. The first-order valence-corrected chi connectivity index (χ1v) is 4.38. The molecular weight excluding hydrogens is 151 g/mol. The van der Waals surface area contributed by atoms with Crippen LogP contribution < -0.4 is 0 Å². The average Bonchev–Trinajstić information content (AvgIpc) is 2.03. The molecule has 0 saturated carbocycles. The van der Waals surface area contributed by atoms with Gasteiger partial charge in [-0.15, -0.1) is 0 Å². The van der Waals surface area contributed by atoms with Crippen LogP contribution in [-0.4, -0.2) is 17.2 Å². The van der Waals surface area contributed by atoms with Crippen molar-refractivity contribution >= 4 is 7.12 Å². The second-order valence-electron chi connectivity index (χ2n) is 3.31. The molecule has 2 unspecified atom stereocenters. The molecule has 0 aromatic heterocycles. The molecule has 0 aromatic carbocycles. The van der Waals surface area contributed by atoms with Crippen molar-refractivity contribution in [1.29, 1.82) is 0 Å². The molecule has 0 fully saturated rings. The fourth-order valence-electron chi connectivity index (χ4n) is 1.76. The lowest BCUT2D eigenvalue weighted by Gasteiger charge is -2.26. The standard InChI is InChI=1S/C9H15BO2/c1-3-8-6-4-5-7(2)9(8)10(11)12/h4-6,8-9,11-12H,3H2,1-2H3. The van der Waals surface area contributed by atoms with Crippen LogP contribution in [0, 0.1) is 5.92 Å². The predicted octanol–water partition coefficient (Wildman–Crippen LogP) is 1.37. The first kappa shape index (κ1) is 9.55. The molecule has 12 heavy (non-hydrogen) atoms. The summed E-state index contributed by atoms with van der Waals surface area (Å²) in [6.07, 6.45) is 6.92. The zero-order valence-corrected chi connectivity index (χ0v) is 7.57. The van der Waals surface area contributed by atoms with Crippen molar-refractivity contribution in [2.24, 2.45) is 5.92 Å². The summed E-state index contributed by atoms with van der Waals surface area (Å²) in [7, 11) is -1.23. The maximum absolute atomic E-state index is 9.13. The summed E-state index contributed by atoms with van der Waals surface area (Å²) < 4.78 is 0. The van der Waals surface area contributed by atoms with Crippen LogP contribution in [0.25, 0.3) is 0 Å². The first-order chi connectivity index (χ1) is 5.66. The summed E-state index contributed by atoms with van der Waals surface area (Å²) in [5.74, 6) is 0.162. The maximum atomic E-state index is 9.13. The fraction of sp³-hybridized carbons (Fsp3) is 0.556. The molecule has 0 radical (unpaired) electrons. The van der Waals surface area contributed by atoms with Crippen LogP contribution in [0.3, 0.4) is 0 Å². The van der Waals surface area contributed by atoms with E-state index in [4.69, 9.17) is 10.0 Å². The van der Waals surface area contributed by atoms with Gasteiger partial charge >= 0.3 is 7.12 Å².